The standard InChI is InChI=1S/C21H23N3O2/c1-15-6-5-9-17(12-15)21-23-22-20(26-21)14-24(18-10-11-18)13-19(25)16-7-3-2-4-8-16/h2-9,12,18-19,25H,10-11,13-14H2,1H3. The topological polar surface area (TPSA) is 62.4 Å². The average Bonchev–Trinajstić information content (AvgIpc) is 3.41. The number of aliphatic hydroxyl groups is 1. The summed E-state index contributed by atoms with van der Waals surface area (Å²) in [5.74, 6) is 1.14. The van der Waals surface area contributed by atoms with E-state index in [4.69, 9.17) is 4.42 Å². The van der Waals surface area contributed by atoms with Gasteiger partial charge in [-0.3, -0.25) is 4.90 Å². The molecule has 0 radical (unpaired) electrons. The van der Waals surface area contributed by atoms with Crippen LogP contribution in [0, 0.1) is 6.92 Å². The van der Waals surface area contributed by atoms with E-state index < -0.39 is 6.10 Å². The van der Waals surface area contributed by atoms with Crippen LogP contribution in [0.3, 0.4) is 0 Å². The number of aliphatic hydroxyl groups excluding tert-OH is 1. The van der Waals surface area contributed by atoms with E-state index in [1.165, 1.54) is 0 Å². The number of nitrogens with zero attached hydrogens (tertiary/aromatic N) is 3. The summed E-state index contributed by atoms with van der Waals surface area (Å²) < 4.78 is 5.87. The van der Waals surface area contributed by atoms with Gasteiger partial charge in [0.05, 0.1) is 12.6 Å². The Hall–Kier alpha value is -2.50. The van der Waals surface area contributed by atoms with Crippen LogP contribution in [-0.4, -0.2) is 32.8 Å². The Bertz CT molecular complexity index is 858. The molecule has 5 heteroatoms. The van der Waals surface area contributed by atoms with Crippen LogP contribution >= 0.6 is 0 Å². The van der Waals surface area contributed by atoms with Gasteiger partial charge in [-0.05, 0) is 37.5 Å². The van der Waals surface area contributed by atoms with E-state index in [1.807, 2.05) is 61.5 Å². The highest BCUT2D eigenvalue weighted by Crippen LogP contribution is 2.30. The van der Waals surface area contributed by atoms with Gasteiger partial charge in [-0.1, -0.05) is 48.0 Å². The zero-order valence-corrected chi connectivity index (χ0v) is 14.9. The molecule has 1 atom stereocenters. The normalized spacial score (nSPS) is 15.3. The Labute approximate surface area is 153 Å². The van der Waals surface area contributed by atoms with Crippen LogP contribution < -0.4 is 0 Å². The van der Waals surface area contributed by atoms with Crippen molar-refractivity contribution in [3.05, 3.63) is 71.6 Å². The van der Waals surface area contributed by atoms with Crippen molar-refractivity contribution in [2.45, 2.75) is 38.5 Å². The first-order valence-electron chi connectivity index (χ1n) is 9.05. The fourth-order valence-corrected chi connectivity index (χ4v) is 3.17. The second-order valence-corrected chi connectivity index (χ2v) is 6.96. The van der Waals surface area contributed by atoms with Crippen molar-refractivity contribution < 1.29 is 9.52 Å². The summed E-state index contributed by atoms with van der Waals surface area (Å²) in [5, 5.41) is 19.0. The molecule has 26 heavy (non-hydrogen) atoms. The van der Waals surface area contributed by atoms with Gasteiger partial charge in [0.15, 0.2) is 0 Å². The molecule has 1 aliphatic rings. The molecule has 1 N–H and O–H groups in total. The van der Waals surface area contributed by atoms with E-state index in [2.05, 4.69) is 15.1 Å². The highest BCUT2D eigenvalue weighted by Gasteiger charge is 2.31. The molecule has 1 fully saturated rings. The molecule has 1 aliphatic carbocycles. The molecule has 0 saturated heterocycles. The van der Waals surface area contributed by atoms with Crippen molar-refractivity contribution in [1.82, 2.24) is 15.1 Å². The Morgan fingerprint density at radius 1 is 1.12 bits per heavy atom. The van der Waals surface area contributed by atoms with Gasteiger partial charge in [-0.2, -0.15) is 0 Å². The second-order valence-electron chi connectivity index (χ2n) is 6.96. The minimum absolute atomic E-state index is 0.489. The molecule has 3 aromatic rings. The van der Waals surface area contributed by atoms with Gasteiger partial charge in [-0.15, -0.1) is 10.2 Å². The van der Waals surface area contributed by atoms with Gasteiger partial charge in [0.25, 0.3) is 0 Å². The van der Waals surface area contributed by atoms with Crippen LogP contribution in [0.2, 0.25) is 0 Å². The lowest BCUT2D eigenvalue weighted by Crippen LogP contribution is -2.30. The molecule has 0 bridgehead atoms. The quantitative estimate of drug-likeness (QED) is 0.704. The molecule has 1 unspecified atom stereocenters. The number of benzene rings is 2. The van der Waals surface area contributed by atoms with Crippen molar-refractivity contribution in [2.75, 3.05) is 6.54 Å². The Kier molecular flexibility index (Phi) is 4.82. The minimum atomic E-state index is -0.518. The lowest BCUT2D eigenvalue weighted by atomic mass is 10.1. The maximum atomic E-state index is 10.6. The molecule has 1 heterocycles. The van der Waals surface area contributed by atoms with E-state index in [0.29, 0.717) is 30.9 Å². The molecule has 5 nitrogen and oxygen atoms in total. The third-order valence-electron chi connectivity index (χ3n) is 4.73. The van der Waals surface area contributed by atoms with Crippen LogP contribution in [-0.2, 0) is 6.54 Å². The fraction of sp³-hybridized carbons (Fsp3) is 0.333. The zero-order valence-electron chi connectivity index (χ0n) is 14.9. The first-order chi connectivity index (χ1) is 12.7. The molecular formula is C21H23N3O2. The first kappa shape index (κ1) is 16.9. The SMILES string of the molecule is Cc1cccc(-c2nnc(CN(CC(O)c3ccccc3)C3CC3)o2)c1. The number of rotatable bonds is 7. The summed E-state index contributed by atoms with van der Waals surface area (Å²) in [6.07, 6.45) is 1.79. The maximum absolute atomic E-state index is 10.6. The van der Waals surface area contributed by atoms with Gasteiger partial charge < -0.3 is 9.52 Å². The van der Waals surface area contributed by atoms with Crippen LogP contribution in [0.25, 0.3) is 11.5 Å². The second kappa shape index (κ2) is 7.40. The van der Waals surface area contributed by atoms with E-state index >= 15 is 0 Å². The van der Waals surface area contributed by atoms with Crippen molar-refractivity contribution in [3.8, 4) is 11.5 Å². The van der Waals surface area contributed by atoms with Crippen molar-refractivity contribution in [2.24, 2.45) is 0 Å². The molecule has 1 saturated carbocycles. The van der Waals surface area contributed by atoms with Crippen molar-refractivity contribution in [1.29, 1.82) is 0 Å². The maximum Gasteiger partial charge on any atom is 0.247 e. The van der Waals surface area contributed by atoms with Gasteiger partial charge in [-0.25, -0.2) is 0 Å². The molecule has 0 aliphatic heterocycles. The minimum Gasteiger partial charge on any atom is -0.419 e. The molecule has 1 aromatic heterocycles. The van der Waals surface area contributed by atoms with Crippen molar-refractivity contribution in [3.63, 3.8) is 0 Å². The van der Waals surface area contributed by atoms with Crippen molar-refractivity contribution >= 4 is 0 Å². The highest BCUT2D eigenvalue weighted by atomic mass is 16.4. The summed E-state index contributed by atoms with van der Waals surface area (Å²) in [7, 11) is 0. The third kappa shape index (κ3) is 4.00. The van der Waals surface area contributed by atoms with Gasteiger partial charge in [0, 0.05) is 18.2 Å². The molecule has 4 rings (SSSR count). The number of aryl methyl sites for hydroxylation is 1. The molecule has 0 amide bonds. The third-order valence-corrected chi connectivity index (χ3v) is 4.73. The zero-order chi connectivity index (χ0) is 17.9. The smallest absolute Gasteiger partial charge is 0.247 e. The van der Waals surface area contributed by atoms with Crippen LogP contribution in [0.1, 0.15) is 36.0 Å². The summed E-state index contributed by atoms with van der Waals surface area (Å²) in [4.78, 5) is 2.24. The lowest BCUT2D eigenvalue weighted by molar-refractivity contribution is 0.0990. The van der Waals surface area contributed by atoms with Gasteiger partial charge in [0.1, 0.15) is 0 Å². The Morgan fingerprint density at radius 3 is 2.65 bits per heavy atom. The van der Waals surface area contributed by atoms with E-state index in [0.717, 1.165) is 29.5 Å². The largest absolute Gasteiger partial charge is 0.419 e. The number of hydrogen-bond donors (Lipinski definition) is 1. The molecule has 2 aromatic carbocycles. The monoisotopic (exact) mass is 349 g/mol. The fourth-order valence-electron chi connectivity index (χ4n) is 3.17. The van der Waals surface area contributed by atoms with Crippen LogP contribution in [0.4, 0.5) is 0 Å². The lowest BCUT2D eigenvalue weighted by Gasteiger charge is -2.23. The summed E-state index contributed by atoms with van der Waals surface area (Å²) in [6, 6.07) is 18.3. The summed E-state index contributed by atoms with van der Waals surface area (Å²) in [6.45, 7) is 3.17. The highest BCUT2D eigenvalue weighted by molar-refractivity contribution is 5.53. The van der Waals surface area contributed by atoms with E-state index in [9.17, 15) is 5.11 Å². The van der Waals surface area contributed by atoms with E-state index in [1.54, 1.807) is 0 Å². The van der Waals surface area contributed by atoms with Gasteiger partial charge >= 0.3 is 0 Å². The summed E-state index contributed by atoms with van der Waals surface area (Å²) in [5.41, 5.74) is 3.03. The average molecular weight is 349 g/mol. The molecule has 0 spiro atoms. The van der Waals surface area contributed by atoms with E-state index in [-0.39, 0.29) is 0 Å². The molecule has 134 valence electrons. The van der Waals surface area contributed by atoms with Gasteiger partial charge in [0.2, 0.25) is 11.8 Å². The Morgan fingerprint density at radius 2 is 1.92 bits per heavy atom. The predicted octanol–water partition coefficient (Wildman–Crippen LogP) is 3.74. The number of aromatic nitrogens is 2. The predicted molar refractivity (Wildman–Crippen MR) is 99.3 cm³/mol. The number of hydrogen-bond acceptors (Lipinski definition) is 5. The first-order valence-corrected chi connectivity index (χ1v) is 9.05. The van der Waals surface area contributed by atoms with Crippen LogP contribution in [0.15, 0.2) is 59.0 Å². The molecular weight excluding hydrogens is 326 g/mol. The van der Waals surface area contributed by atoms with Crippen LogP contribution in [0.5, 0.6) is 0 Å². The Balaban J connectivity index is 1.46. The summed E-state index contributed by atoms with van der Waals surface area (Å²) >= 11 is 0.